The van der Waals surface area contributed by atoms with Crippen LogP contribution in [0.15, 0.2) is 116 Å². The van der Waals surface area contributed by atoms with Crippen LogP contribution in [0.2, 0.25) is 0 Å². The van der Waals surface area contributed by atoms with Crippen molar-refractivity contribution in [3.8, 4) is 45.2 Å². The van der Waals surface area contributed by atoms with E-state index in [1.807, 2.05) is 36.5 Å². The van der Waals surface area contributed by atoms with Crippen molar-refractivity contribution in [2.24, 2.45) is 0 Å². The second-order valence-electron chi connectivity index (χ2n) is 11.5. The predicted octanol–water partition coefficient (Wildman–Crippen LogP) is 8.77. The number of fused-ring (bicyclic) bond motifs is 2. The summed E-state index contributed by atoms with van der Waals surface area (Å²) in [6, 6.07) is 38.1. The quantitative estimate of drug-likeness (QED) is 0.184. The summed E-state index contributed by atoms with van der Waals surface area (Å²) in [6.45, 7) is 6.65. The summed E-state index contributed by atoms with van der Waals surface area (Å²) in [5.41, 5.74) is 8.99. The van der Waals surface area contributed by atoms with E-state index in [0.29, 0.717) is 5.69 Å². The molecule has 6 heteroatoms. The Balaban J connectivity index is 0.00000329. The van der Waals surface area contributed by atoms with E-state index in [4.69, 9.17) is 4.98 Å². The van der Waals surface area contributed by atoms with Gasteiger partial charge in [0.1, 0.15) is 11.4 Å². The molecule has 0 aliphatic carbocycles. The van der Waals surface area contributed by atoms with Gasteiger partial charge in [-0.15, -0.1) is 29.8 Å². The minimum atomic E-state index is 0. The Morgan fingerprint density at radius 2 is 1.35 bits per heavy atom. The molecule has 0 atom stereocenters. The maximum Gasteiger partial charge on any atom is 0.141 e. The van der Waals surface area contributed by atoms with Gasteiger partial charge in [-0.3, -0.25) is 15.0 Å². The summed E-state index contributed by atoms with van der Waals surface area (Å²) >= 11 is 0. The summed E-state index contributed by atoms with van der Waals surface area (Å²) in [5, 5.41) is 11.8. The molecule has 5 nitrogen and oxygen atoms in total. The number of rotatable bonds is 4. The van der Waals surface area contributed by atoms with Crippen LogP contribution in [0.5, 0.6) is 5.75 Å². The monoisotopic (exact) mass is 740 g/mol. The third kappa shape index (κ3) is 5.15. The van der Waals surface area contributed by atoms with Gasteiger partial charge in [-0.1, -0.05) is 80.4 Å². The van der Waals surface area contributed by atoms with Crippen LogP contribution in [-0.4, -0.2) is 24.6 Å². The predicted molar refractivity (Wildman–Crippen MR) is 170 cm³/mol. The van der Waals surface area contributed by atoms with E-state index in [9.17, 15) is 5.11 Å². The van der Waals surface area contributed by atoms with Gasteiger partial charge in [0.15, 0.2) is 0 Å². The summed E-state index contributed by atoms with van der Waals surface area (Å²) in [7, 11) is 0. The summed E-state index contributed by atoms with van der Waals surface area (Å²) in [6.07, 6.45) is 3.51. The summed E-state index contributed by atoms with van der Waals surface area (Å²) < 4.78 is 2.17. The average molecular weight is 741 g/mol. The van der Waals surface area contributed by atoms with Crippen LogP contribution in [0.4, 0.5) is 0 Å². The van der Waals surface area contributed by atoms with E-state index in [2.05, 4.69) is 102 Å². The zero-order valence-corrected chi connectivity index (χ0v) is 26.3. The first-order valence-corrected chi connectivity index (χ1v) is 14.0. The topological polar surface area (TPSA) is 63.8 Å². The maximum atomic E-state index is 10.7. The number of para-hydroxylation sites is 2. The molecular formula is C37H29N4OPt-. The van der Waals surface area contributed by atoms with E-state index in [1.54, 1.807) is 18.3 Å². The Morgan fingerprint density at radius 3 is 2.14 bits per heavy atom. The molecule has 0 aliphatic rings. The zero-order valence-electron chi connectivity index (χ0n) is 24.0. The van der Waals surface area contributed by atoms with E-state index >= 15 is 0 Å². The average Bonchev–Trinajstić information content (AvgIpc) is 3.41. The van der Waals surface area contributed by atoms with Gasteiger partial charge in [0, 0.05) is 50.2 Å². The van der Waals surface area contributed by atoms with E-state index in [1.165, 1.54) is 5.56 Å². The van der Waals surface area contributed by atoms with E-state index in [0.717, 1.165) is 55.7 Å². The Labute approximate surface area is 265 Å². The SMILES string of the molecule is CC(C)(C)c1ccc(-n2c(-c3[c-]c(-c4cccc5cccnc45)ccc3)nc3c(-c4ncccc4O)cccc32)cc1.[Pt]. The molecule has 7 rings (SSSR count). The van der Waals surface area contributed by atoms with Crippen molar-refractivity contribution in [1.82, 2.24) is 19.5 Å². The minimum absolute atomic E-state index is 0. The summed E-state index contributed by atoms with van der Waals surface area (Å²) in [5.74, 6) is 0.874. The van der Waals surface area contributed by atoms with Gasteiger partial charge in [-0.05, 0) is 52.8 Å². The fraction of sp³-hybridized carbons (Fsp3) is 0.108. The van der Waals surface area contributed by atoms with Crippen LogP contribution in [-0.2, 0) is 26.5 Å². The fourth-order valence-corrected chi connectivity index (χ4v) is 5.53. The Hall–Kier alpha value is -4.60. The van der Waals surface area contributed by atoms with Gasteiger partial charge in [0.25, 0.3) is 0 Å². The van der Waals surface area contributed by atoms with Gasteiger partial charge in [-0.2, -0.15) is 0 Å². The molecule has 0 aliphatic heterocycles. The largest absolute Gasteiger partial charge is 0.506 e. The number of imidazole rings is 1. The molecule has 43 heavy (non-hydrogen) atoms. The van der Waals surface area contributed by atoms with Crippen molar-refractivity contribution in [3.05, 3.63) is 127 Å². The molecule has 0 radical (unpaired) electrons. The second kappa shape index (κ2) is 11.2. The maximum absolute atomic E-state index is 10.7. The molecule has 0 spiro atoms. The van der Waals surface area contributed by atoms with Gasteiger partial charge < -0.3 is 9.67 Å². The second-order valence-corrected chi connectivity index (χ2v) is 11.5. The Kier molecular flexibility index (Phi) is 7.45. The van der Waals surface area contributed by atoms with Crippen molar-refractivity contribution in [2.45, 2.75) is 26.2 Å². The molecule has 0 amide bonds. The number of aromatic nitrogens is 4. The zero-order chi connectivity index (χ0) is 28.8. The molecule has 214 valence electrons. The van der Waals surface area contributed by atoms with Gasteiger partial charge in [0.05, 0.1) is 16.9 Å². The molecule has 4 aromatic carbocycles. The first-order chi connectivity index (χ1) is 20.4. The van der Waals surface area contributed by atoms with Crippen LogP contribution in [0.3, 0.4) is 0 Å². The van der Waals surface area contributed by atoms with E-state index in [-0.39, 0.29) is 32.2 Å². The Morgan fingerprint density at radius 1 is 0.674 bits per heavy atom. The summed E-state index contributed by atoms with van der Waals surface area (Å²) in [4.78, 5) is 14.4. The first-order valence-electron chi connectivity index (χ1n) is 14.0. The van der Waals surface area contributed by atoms with Crippen molar-refractivity contribution < 1.29 is 26.2 Å². The smallest absolute Gasteiger partial charge is 0.141 e. The molecule has 0 saturated carbocycles. The molecule has 7 aromatic rings. The standard InChI is InChI=1S/C37H29N4O.Pt/c1-37(2,3)27-17-19-28(20-18-27)41-31-15-6-14-30(35-32(42)16-8-22-39-35)34(31)40-36(41)26-11-4-10-25(23-26)29-13-5-9-24-12-7-21-38-33(24)29;/h4-22,42H,1-3H3;/q-1;. The molecular weight excluding hydrogens is 712 g/mol. The van der Waals surface area contributed by atoms with Crippen molar-refractivity contribution in [3.63, 3.8) is 0 Å². The van der Waals surface area contributed by atoms with Gasteiger partial charge in [0.2, 0.25) is 0 Å². The van der Waals surface area contributed by atoms with Crippen LogP contribution in [0.1, 0.15) is 26.3 Å². The number of pyridine rings is 2. The van der Waals surface area contributed by atoms with E-state index < -0.39 is 0 Å². The molecule has 1 N–H and O–H groups in total. The number of hydrogen-bond donors (Lipinski definition) is 1. The van der Waals surface area contributed by atoms with Crippen molar-refractivity contribution >= 4 is 21.9 Å². The normalized spacial score (nSPS) is 11.5. The van der Waals surface area contributed by atoms with Crippen LogP contribution in [0.25, 0.3) is 61.4 Å². The minimum Gasteiger partial charge on any atom is -0.506 e. The third-order valence-corrected chi connectivity index (χ3v) is 7.68. The van der Waals surface area contributed by atoms with Crippen LogP contribution >= 0.6 is 0 Å². The molecule has 3 aromatic heterocycles. The molecule has 0 bridgehead atoms. The van der Waals surface area contributed by atoms with Gasteiger partial charge in [-0.25, -0.2) is 0 Å². The molecule has 0 saturated heterocycles. The molecule has 3 heterocycles. The molecule has 0 fully saturated rings. The molecule has 0 unspecified atom stereocenters. The van der Waals surface area contributed by atoms with Crippen LogP contribution in [0, 0.1) is 6.07 Å². The van der Waals surface area contributed by atoms with Crippen molar-refractivity contribution in [1.29, 1.82) is 0 Å². The Bertz CT molecular complexity index is 2090. The number of aromatic hydroxyl groups is 1. The first kappa shape index (κ1) is 28.5. The number of benzene rings is 4. The third-order valence-electron chi connectivity index (χ3n) is 7.68. The van der Waals surface area contributed by atoms with Gasteiger partial charge >= 0.3 is 0 Å². The number of nitrogens with zero attached hydrogens (tertiary/aromatic N) is 4. The number of hydrogen-bond acceptors (Lipinski definition) is 4. The van der Waals surface area contributed by atoms with Crippen LogP contribution < -0.4 is 0 Å². The fourth-order valence-electron chi connectivity index (χ4n) is 5.53. The van der Waals surface area contributed by atoms with Crippen molar-refractivity contribution in [2.75, 3.05) is 0 Å².